The Balaban J connectivity index is 2.40. The molecule has 21 heavy (non-hydrogen) atoms. The summed E-state index contributed by atoms with van der Waals surface area (Å²) in [6, 6.07) is 1.98. The molecule has 0 aliphatic rings. The first-order valence-electron chi connectivity index (χ1n) is 7.51. The molecule has 0 amide bonds. The van der Waals surface area contributed by atoms with Gasteiger partial charge in [0.05, 0.1) is 0 Å². The number of pyridine rings is 1. The molecule has 2 heterocycles. The topological polar surface area (TPSA) is 50.7 Å². The molecular formula is C17H24N4. The van der Waals surface area contributed by atoms with Crippen molar-refractivity contribution in [2.75, 3.05) is 13.1 Å². The van der Waals surface area contributed by atoms with E-state index in [1.807, 2.05) is 19.2 Å². The van der Waals surface area contributed by atoms with Crippen LogP contribution in [-0.4, -0.2) is 28.0 Å². The molecule has 0 aromatic carbocycles. The summed E-state index contributed by atoms with van der Waals surface area (Å²) < 4.78 is 0. The van der Waals surface area contributed by atoms with E-state index in [-0.39, 0.29) is 0 Å². The smallest absolute Gasteiger partial charge is 0.160 e. The van der Waals surface area contributed by atoms with Crippen molar-refractivity contribution >= 4 is 0 Å². The van der Waals surface area contributed by atoms with E-state index < -0.39 is 0 Å². The molecule has 0 saturated carbocycles. The molecule has 0 aliphatic heterocycles. The van der Waals surface area contributed by atoms with Crippen molar-refractivity contribution in [1.29, 1.82) is 0 Å². The lowest BCUT2D eigenvalue weighted by Crippen LogP contribution is -2.21. The highest BCUT2D eigenvalue weighted by Crippen LogP contribution is 2.25. The van der Waals surface area contributed by atoms with Crippen molar-refractivity contribution in [3.8, 4) is 11.4 Å². The van der Waals surface area contributed by atoms with Gasteiger partial charge in [-0.25, -0.2) is 9.97 Å². The van der Waals surface area contributed by atoms with E-state index in [0.717, 1.165) is 41.4 Å². The van der Waals surface area contributed by atoms with Gasteiger partial charge in [-0.15, -0.1) is 0 Å². The fourth-order valence-electron chi connectivity index (χ4n) is 2.75. The first kappa shape index (κ1) is 15.6. The maximum absolute atomic E-state index is 4.73. The van der Waals surface area contributed by atoms with Gasteiger partial charge >= 0.3 is 0 Å². The number of rotatable bonds is 5. The predicted octanol–water partition coefficient (Wildman–Crippen LogP) is 3.18. The molecule has 4 nitrogen and oxygen atoms in total. The van der Waals surface area contributed by atoms with Gasteiger partial charge in [-0.2, -0.15) is 0 Å². The number of likely N-dealkylation sites (N-methyl/N-ethyl adjacent to an activating group) is 1. The van der Waals surface area contributed by atoms with Crippen LogP contribution in [0.5, 0.6) is 0 Å². The third-order valence-electron chi connectivity index (χ3n) is 3.78. The molecule has 2 aromatic rings. The van der Waals surface area contributed by atoms with E-state index in [1.54, 1.807) is 6.20 Å². The molecule has 0 aliphatic carbocycles. The average molecular weight is 284 g/mol. The zero-order valence-corrected chi connectivity index (χ0v) is 13.6. The first-order valence-corrected chi connectivity index (χ1v) is 7.51. The third kappa shape index (κ3) is 3.45. The Morgan fingerprint density at radius 1 is 1.14 bits per heavy atom. The summed E-state index contributed by atoms with van der Waals surface area (Å²) >= 11 is 0. The largest absolute Gasteiger partial charge is 0.316 e. The van der Waals surface area contributed by atoms with Gasteiger partial charge in [-0.1, -0.05) is 13.8 Å². The molecule has 0 spiro atoms. The van der Waals surface area contributed by atoms with Crippen LogP contribution < -0.4 is 5.32 Å². The Morgan fingerprint density at radius 3 is 2.38 bits per heavy atom. The van der Waals surface area contributed by atoms with E-state index in [1.165, 1.54) is 5.56 Å². The number of nitrogens with zero attached hydrogens (tertiary/aromatic N) is 3. The van der Waals surface area contributed by atoms with Crippen molar-refractivity contribution in [1.82, 2.24) is 20.3 Å². The Bertz CT molecular complexity index is 599. The summed E-state index contributed by atoms with van der Waals surface area (Å²) in [7, 11) is 0. The molecule has 112 valence electrons. The zero-order chi connectivity index (χ0) is 15.4. The second-order valence-electron chi connectivity index (χ2n) is 5.53. The van der Waals surface area contributed by atoms with E-state index >= 15 is 0 Å². The Hall–Kier alpha value is -1.81. The summed E-state index contributed by atoms with van der Waals surface area (Å²) in [5, 5.41) is 3.39. The molecule has 1 atom stereocenters. The summed E-state index contributed by atoms with van der Waals surface area (Å²) in [6.45, 7) is 12.5. The number of hydrogen-bond acceptors (Lipinski definition) is 4. The standard InChI is InChI=1S/C17H24N4/c1-6-18-10-12(3)16-13(4)20-17(21-14(16)5)15-7-8-19-9-11(15)2/h7-9,12,18H,6,10H2,1-5H3. The molecule has 2 aromatic heterocycles. The molecular weight excluding hydrogens is 260 g/mol. The molecule has 0 bridgehead atoms. The normalized spacial score (nSPS) is 12.4. The first-order chi connectivity index (χ1) is 10.0. The lowest BCUT2D eigenvalue weighted by Gasteiger charge is -2.18. The van der Waals surface area contributed by atoms with Gasteiger partial charge in [0.15, 0.2) is 5.82 Å². The van der Waals surface area contributed by atoms with Gasteiger partial charge in [0.1, 0.15) is 0 Å². The fraction of sp³-hybridized carbons (Fsp3) is 0.471. The Labute approximate surface area is 127 Å². The highest BCUT2D eigenvalue weighted by Gasteiger charge is 2.16. The lowest BCUT2D eigenvalue weighted by atomic mass is 9.97. The van der Waals surface area contributed by atoms with Crippen LogP contribution in [0.3, 0.4) is 0 Å². The molecule has 0 fully saturated rings. The lowest BCUT2D eigenvalue weighted by molar-refractivity contribution is 0.624. The molecule has 4 heteroatoms. The van der Waals surface area contributed by atoms with Crippen molar-refractivity contribution in [2.24, 2.45) is 0 Å². The predicted molar refractivity (Wildman–Crippen MR) is 86.4 cm³/mol. The van der Waals surface area contributed by atoms with Crippen molar-refractivity contribution in [3.63, 3.8) is 0 Å². The van der Waals surface area contributed by atoms with Gasteiger partial charge < -0.3 is 5.32 Å². The maximum Gasteiger partial charge on any atom is 0.160 e. The van der Waals surface area contributed by atoms with Crippen molar-refractivity contribution < 1.29 is 0 Å². The third-order valence-corrected chi connectivity index (χ3v) is 3.78. The Kier molecular flexibility index (Phi) is 5.02. The van der Waals surface area contributed by atoms with E-state index in [9.17, 15) is 0 Å². The van der Waals surface area contributed by atoms with Crippen molar-refractivity contribution in [3.05, 3.63) is 41.0 Å². The molecule has 0 saturated heterocycles. The molecule has 0 radical (unpaired) electrons. The molecule has 1 N–H and O–H groups in total. The fourth-order valence-corrected chi connectivity index (χ4v) is 2.75. The number of nitrogens with one attached hydrogen (secondary N) is 1. The summed E-state index contributed by atoms with van der Waals surface area (Å²) in [5.41, 5.74) is 5.55. The minimum absolute atomic E-state index is 0.414. The minimum atomic E-state index is 0.414. The van der Waals surface area contributed by atoms with Crippen LogP contribution in [0, 0.1) is 20.8 Å². The molecule has 1 unspecified atom stereocenters. The van der Waals surface area contributed by atoms with Crippen LogP contribution in [0.2, 0.25) is 0 Å². The van der Waals surface area contributed by atoms with Crippen LogP contribution in [0.15, 0.2) is 18.5 Å². The van der Waals surface area contributed by atoms with Crippen LogP contribution in [-0.2, 0) is 0 Å². The van der Waals surface area contributed by atoms with E-state index in [4.69, 9.17) is 9.97 Å². The zero-order valence-electron chi connectivity index (χ0n) is 13.6. The van der Waals surface area contributed by atoms with Crippen molar-refractivity contribution in [2.45, 2.75) is 40.5 Å². The van der Waals surface area contributed by atoms with Crippen LogP contribution in [0.1, 0.15) is 42.3 Å². The number of aryl methyl sites for hydroxylation is 3. The summed E-state index contributed by atoms with van der Waals surface area (Å²) in [5.74, 6) is 1.21. The quantitative estimate of drug-likeness (QED) is 0.916. The SMILES string of the molecule is CCNCC(C)c1c(C)nc(-c2ccncc2C)nc1C. The van der Waals surface area contributed by atoms with Crippen LogP contribution >= 0.6 is 0 Å². The second-order valence-corrected chi connectivity index (χ2v) is 5.53. The monoisotopic (exact) mass is 284 g/mol. The maximum atomic E-state index is 4.73. The van der Waals surface area contributed by atoms with E-state index in [0.29, 0.717) is 5.92 Å². The van der Waals surface area contributed by atoms with Crippen LogP contribution in [0.4, 0.5) is 0 Å². The highest BCUT2D eigenvalue weighted by molar-refractivity contribution is 5.59. The number of aromatic nitrogens is 3. The summed E-state index contributed by atoms with van der Waals surface area (Å²) in [4.78, 5) is 13.6. The van der Waals surface area contributed by atoms with Gasteiger partial charge in [0.25, 0.3) is 0 Å². The second kappa shape index (κ2) is 6.76. The van der Waals surface area contributed by atoms with Crippen LogP contribution in [0.25, 0.3) is 11.4 Å². The Morgan fingerprint density at radius 2 is 1.81 bits per heavy atom. The van der Waals surface area contributed by atoms with Gasteiger partial charge in [-0.05, 0) is 50.4 Å². The van der Waals surface area contributed by atoms with Gasteiger partial charge in [0.2, 0.25) is 0 Å². The van der Waals surface area contributed by atoms with Gasteiger partial charge in [-0.3, -0.25) is 4.98 Å². The van der Waals surface area contributed by atoms with E-state index in [2.05, 4.69) is 38.0 Å². The van der Waals surface area contributed by atoms with Gasteiger partial charge in [0, 0.05) is 35.9 Å². The summed E-state index contributed by atoms with van der Waals surface area (Å²) in [6.07, 6.45) is 3.64. The number of hydrogen-bond donors (Lipinski definition) is 1. The minimum Gasteiger partial charge on any atom is -0.316 e. The average Bonchev–Trinajstić information content (AvgIpc) is 2.44. The highest BCUT2D eigenvalue weighted by atomic mass is 14.9. The molecule has 2 rings (SSSR count).